The summed E-state index contributed by atoms with van der Waals surface area (Å²) in [6.45, 7) is 5.47. The van der Waals surface area contributed by atoms with Crippen LogP contribution in [0.3, 0.4) is 0 Å². The van der Waals surface area contributed by atoms with Gasteiger partial charge in [0.15, 0.2) is 6.10 Å². The average Bonchev–Trinajstić information content (AvgIpc) is 1.98. The maximum absolute atomic E-state index is 10.6. The van der Waals surface area contributed by atoms with Crippen molar-refractivity contribution in [3.8, 4) is 0 Å². The monoisotopic (exact) mass is 144 g/mol. The molecule has 1 N–H and O–H groups in total. The van der Waals surface area contributed by atoms with Crippen LogP contribution in [-0.2, 0) is 9.53 Å². The van der Waals surface area contributed by atoms with Crippen LogP contribution in [0.25, 0.3) is 0 Å². The van der Waals surface area contributed by atoms with E-state index >= 15 is 0 Å². The van der Waals surface area contributed by atoms with Crippen LogP contribution >= 0.6 is 0 Å². The summed E-state index contributed by atoms with van der Waals surface area (Å²) in [6, 6.07) is 0. The Morgan fingerprint density at radius 2 is 2.50 bits per heavy atom. The Kier molecular flexibility index (Phi) is 4.58. The van der Waals surface area contributed by atoms with Gasteiger partial charge >= 0.3 is 5.97 Å². The van der Waals surface area contributed by atoms with E-state index in [1.807, 2.05) is 6.92 Å². The Labute approximate surface area is 60.3 Å². The number of carbonyl (C=O) groups is 1. The van der Waals surface area contributed by atoms with Crippen molar-refractivity contribution in [1.29, 1.82) is 0 Å². The van der Waals surface area contributed by atoms with Crippen LogP contribution in [0.15, 0.2) is 12.7 Å². The van der Waals surface area contributed by atoms with Crippen molar-refractivity contribution in [3.63, 3.8) is 0 Å². The van der Waals surface area contributed by atoms with E-state index in [1.54, 1.807) is 0 Å². The molecular weight excluding hydrogens is 132 g/mol. The molecule has 10 heavy (non-hydrogen) atoms. The van der Waals surface area contributed by atoms with Crippen LogP contribution < -0.4 is 0 Å². The molecule has 0 radical (unpaired) electrons. The lowest BCUT2D eigenvalue weighted by molar-refractivity contribution is -0.150. The fraction of sp³-hybridized carbons (Fsp3) is 0.571. The first kappa shape index (κ1) is 9.17. The van der Waals surface area contributed by atoms with Gasteiger partial charge in [0.1, 0.15) is 0 Å². The highest BCUT2D eigenvalue weighted by Gasteiger charge is 2.10. The summed E-state index contributed by atoms with van der Waals surface area (Å²) in [7, 11) is 0. The van der Waals surface area contributed by atoms with Crippen LogP contribution in [0.1, 0.15) is 13.3 Å². The Hall–Kier alpha value is -0.830. The highest BCUT2D eigenvalue weighted by Crippen LogP contribution is 1.90. The molecule has 0 bridgehead atoms. The first-order chi connectivity index (χ1) is 4.72. The second-order valence-corrected chi connectivity index (χ2v) is 1.85. The number of carbonyl (C=O) groups excluding carboxylic acids is 1. The standard InChI is InChI=1S/C7H12O3/c1-3-5-10-7(9)6(8)4-2/h4,6,8H,2-3,5H2,1H3. The molecule has 0 aliphatic rings. The van der Waals surface area contributed by atoms with Gasteiger partial charge in [-0.15, -0.1) is 0 Å². The molecule has 0 spiro atoms. The van der Waals surface area contributed by atoms with Crippen molar-refractivity contribution in [1.82, 2.24) is 0 Å². The van der Waals surface area contributed by atoms with Crippen molar-refractivity contribution < 1.29 is 14.6 Å². The normalized spacial score (nSPS) is 12.2. The van der Waals surface area contributed by atoms with Gasteiger partial charge in [-0.2, -0.15) is 0 Å². The quantitative estimate of drug-likeness (QED) is 0.461. The van der Waals surface area contributed by atoms with Gasteiger partial charge in [-0.3, -0.25) is 0 Å². The lowest BCUT2D eigenvalue weighted by atomic mass is 10.4. The van der Waals surface area contributed by atoms with Gasteiger partial charge in [0.05, 0.1) is 6.61 Å². The van der Waals surface area contributed by atoms with E-state index in [0.29, 0.717) is 6.61 Å². The Morgan fingerprint density at radius 1 is 1.90 bits per heavy atom. The topological polar surface area (TPSA) is 46.5 Å². The number of esters is 1. The summed E-state index contributed by atoms with van der Waals surface area (Å²) in [5.74, 6) is -0.628. The van der Waals surface area contributed by atoms with Gasteiger partial charge in [-0.05, 0) is 6.42 Å². The van der Waals surface area contributed by atoms with Crippen molar-refractivity contribution in [2.45, 2.75) is 19.4 Å². The molecule has 1 atom stereocenters. The summed E-state index contributed by atoms with van der Waals surface area (Å²) in [4.78, 5) is 10.6. The molecule has 0 aromatic carbocycles. The smallest absolute Gasteiger partial charge is 0.338 e. The van der Waals surface area contributed by atoms with E-state index in [2.05, 4.69) is 11.3 Å². The summed E-state index contributed by atoms with van der Waals surface area (Å²) in [5, 5.41) is 8.76. The predicted molar refractivity (Wildman–Crippen MR) is 37.5 cm³/mol. The molecule has 0 rings (SSSR count). The fourth-order valence-electron chi connectivity index (χ4n) is 0.384. The minimum atomic E-state index is -1.17. The molecule has 0 heterocycles. The molecule has 0 fully saturated rings. The molecule has 0 amide bonds. The molecule has 0 saturated heterocycles. The van der Waals surface area contributed by atoms with Gasteiger partial charge in [-0.25, -0.2) is 4.79 Å². The zero-order valence-electron chi connectivity index (χ0n) is 6.04. The maximum Gasteiger partial charge on any atom is 0.338 e. The highest BCUT2D eigenvalue weighted by molar-refractivity contribution is 5.76. The van der Waals surface area contributed by atoms with Gasteiger partial charge in [0, 0.05) is 0 Å². The molecule has 0 saturated carbocycles. The van der Waals surface area contributed by atoms with Gasteiger partial charge in [-0.1, -0.05) is 19.6 Å². The summed E-state index contributed by atoms with van der Waals surface area (Å²) >= 11 is 0. The second-order valence-electron chi connectivity index (χ2n) is 1.85. The number of ether oxygens (including phenoxy) is 1. The molecule has 3 heteroatoms. The van der Waals surface area contributed by atoms with E-state index < -0.39 is 12.1 Å². The first-order valence-electron chi connectivity index (χ1n) is 3.19. The summed E-state index contributed by atoms with van der Waals surface area (Å²) in [6.07, 6.45) is 0.722. The van der Waals surface area contributed by atoms with Gasteiger partial charge < -0.3 is 9.84 Å². The summed E-state index contributed by atoms with van der Waals surface area (Å²) in [5.41, 5.74) is 0. The fourth-order valence-corrected chi connectivity index (χ4v) is 0.384. The molecule has 1 unspecified atom stereocenters. The van der Waals surface area contributed by atoms with E-state index in [1.165, 1.54) is 0 Å². The van der Waals surface area contributed by atoms with Crippen molar-refractivity contribution in [2.75, 3.05) is 6.61 Å². The molecule has 0 aliphatic carbocycles. The Bertz CT molecular complexity index is 120. The van der Waals surface area contributed by atoms with Crippen LogP contribution in [0.4, 0.5) is 0 Å². The van der Waals surface area contributed by atoms with Crippen LogP contribution in [0.2, 0.25) is 0 Å². The van der Waals surface area contributed by atoms with Crippen molar-refractivity contribution in [3.05, 3.63) is 12.7 Å². The van der Waals surface area contributed by atoms with Gasteiger partial charge in [0.25, 0.3) is 0 Å². The van der Waals surface area contributed by atoms with Crippen LogP contribution in [0, 0.1) is 0 Å². The lowest BCUT2D eigenvalue weighted by Crippen LogP contribution is -2.20. The second kappa shape index (κ2) is 4.99. The van der Waals surface area contributed by atoms with Crippen LogP contribution in [0.5, 0.6) is 0 Å². The number of hydrogen-bond donors (Lipinski definition) is 1. The lowest BCUT2D eigenvalue weighted by Gasteiger charge is -2.04. The van der Waals surface area contributed by atoms with E-state index in [0.717, 1.165) is 12.5 Å². The maximum atomic E-state index is 10.6. The van der Waals surface area contributed by atoms with Crippen molar-refractivity contribution in [2.24, 2.45) is 0 Å². The number of rotatable bonds is 4. The molecule has 0 aromatic heterocycles. The zero-order chi connectivity index (χ0) is 7.98. The molecular formula is C7H12O3. The number of hydrogen-bond acceptors (Lipinski definition) is 3. The highest BCUT2D eigenvalue weighted by atomic mass is 16.5. The third-order valence-electron chi connectivity index (χ3n) is 0.913. The third kappa shape index (κ3) is 3.25. The molecule has 58 valence electrons. The zero-order valence-corrected chi connectivity index (χ0v) is 6.04. The average molecular weight is 144 g/mol. The van der Waals surface area contributed by atoms with Gasteiger partial charge in [0.2, 0.25) is 0 Å². The van der Waals surface area contributed by atoms with E-state index in [-0.39, 0.29) is 0 Å². The van der Waals surface area contributed by atoms with E-state index in [4.69, 9.17) is 5.11 Å². The Balaban J connectivity index is 3.51. The molecule has 0 aromatic rings. The van der Waals surface area contributed by atoms with Crippen molar-refractivity contribution >= 4 is 5.97 Å². The number of aliphatic hydroxyl groups excluding tert-OH is 1. The minimum absolute atomic E-state index is 0.351. The van der Waals surface area contributed by atoms with Crippen LogP contribution in [-0.4, -0.2) is 23.8 Å². The Morgan fingerprint density at radius 3 is 2.90 bits per heavy atom. The molecule has 0 aliphatic heterocycles. The SMILES string of the molecule is C=CC(O)C(=O)OCCC. The molecule has 3 nitrogen and oxygen atoms in total. The first-order valence-corrected chi connectivity index (χ1v) is 3.19. The van der Waals surface area contributed by atoms with E-state index in [9.17, 15) is 4.79 Å². The summed E-state index contributed by atoms with van der Waals surface area (Å²) < 4.78 is 4.58. The number of aliphatic hydroxyl groups is 1. The predicted octanol–water partition coefficient (Wildman–Crippen LogP) is 0.486. The third-order valence-corrected chi connectivity index (χ3v) is 0.913. The minimum Gasteiger partial charge on any atom is -0.464 e. The largest absolute Gasteiger partial charge is 0.464 e.